The number of ketones is 2. The largest absolute Gasteiger partial charge is 1.00 e. The predicted octanol–water partition coefficient (Wildman–Crippen LogP) is -3.37. The van der Waals surface area contributed by atoms with Crippen LogP contribution in [0.2, 0.25) is 5.02 Å². The summed E-state index contributed by atoms with van der Waals surface area (Å²) in [7, 11) is 0. The number of phenols is 2. The van der Waals surface area contributed by atoms with Crippen molar-refractivity contribution in [3.05, 3.63) is 45.1 Å². The Bertz CT molecular complexity index is 2030. The maximum atomic E-state index is 13.7. The molecule has 17 nitrogen and oxygen atoms in total. The van der Waals surface area contributed by atoms with Gasteiger partial charge in [-0.1, -0.05) is 16.8 Å². The van der Waals surface area contributed by atoms with Gasteiger partial charge in [0.2, 0.25) is 5.91 Å². The van der Waals surface area contributed by atoms with Crippen LogP contribution < -0.4 is 45.5 Å². The third kappa shape index (κ3) is 7.97. The SMILES string of the molecule is C[C@@H]1S[C@@H]2[C@H](CC(=O)/C(=N\OC(C)(C)C(=O)[O-])c3csc(N)n3)C(=O)N2C(C(=O)[O-])=C1C[N+]12CCC(CC1)N(C(=O)C(=O)c1ccc(O)c(O)c1Cl)CC2.[Na+]. The molecule has 7 rings (SSSR count). The fourth-order valence-electron chi connectivity index (χ4n) is 7.29. The number of hydrogen-bond acceptors (Lipinski definition) is 16. The fourth-order valence-corrected chi connectivity index (χ4v) is 9.58. The zero-order valence-electron chi connectivity index (χ0n) is 30.3. The third-order valence-electron chi connectivity index (χ3n) is 10.4. The molecule has 4 saturated heterocycles. The molecule has 0 spiro atoms. The van der Waals surface area contributed by atoms with E-state index in [2.05, 4.69) is 10.1 Å². The van der Waals surface area contributed by atoms with Gasteiger partial charge >= 0.3 is 29.6 Å². The third-order valence-corrected chi connectivity index (χ3v) is 13.0. The number of Topliss-reactive ketones (excluding diaryl/α,β-unsaturated/α-hetero) is 2. The molecular formula is C34H36ClN6NaO11S2. The molecular weight excluding hydrogens is 791 g/mol. The van der Waals surface area contributed by atoms with Crippen molar-refractivity contribution in [1.29, 1.82) is 0 Å². The molecule has 2 bridgehead atoms. The van der Waals surface area contributed by atoms with E-state index in [9.17, 15) is 49.2 Å². The van der Waals surface area contributed by atoms with E-state index in [-0.39, 0.29) is 76.5 Å². The maximum Gasteiger partial charge on any atom is 1.00 e. The van der Waals surface area contributed by atoms with Crippen molar-refractivity contribution >= 4 is 80.9 Å². The van der Waals surface area contributed by atoms with Crippen molar-refractivity contribution < 1.29 is 88.1 Å². The number of nitrogens with zero attached hydrogens (tertiary/aromatic N) is 5. The number of aromatic hydroxyl groups is 2. The molecule has 2 aromatic rings. The Morgan fingerprint density at radius 3 is 2.42 bits per heavy atom. The molecule has 3 atom stereocenters. The van der Waals surface area contributed by atoms with Crippen molar-refractivity contribution in [3.63, 3.8) is 0 Å². The van der Waals surface area contributed by atoms with E-state index in [4.69, 9.17) is 22.2 Å². The van der Waals surface area contributed by atoms with E-state index in [0.717, 1.165) is 22.3 Å². The summed E-state index contributed by atoms with van der Waals surface area (Å²) in [6.07, 6.45) is 0.646. The number of carbonyl (C=O) groups is 6. The standard InChI is InChI=1S/C34H37ClN6O11S2.Na/c1-15-19(13-41-9-6-16(7-10-41)39(8-11-41)29(47)26(44)17-4-5-21(42)27(45)23(17)35)25(31(48)49)40-28(46)18(30(40)54-15)12-22(43)24(20-14-53-33(36)37-20)38-52-34(2,3)32(50)51;/h4-5,14-16,18,30H,6-13H2,1-3H3,(H5-,36,37,38,42,43,44,45,47,48,49,50,51);/q;+1/p-1/t15-,16?,18+,30+,41?;/m0./s1. The Morgan fingerprint density at radius 1 is 1.15 bits per heavy atom. The quantitative estimate of drug-likeness (QED) is 0.0276. The number of quaternary nitrogens is 1. The van der Waals surface area contributed by atoms with E-state index in [1.807, 2.05) is 6.92 Å². The van der Waals surface area contributed by atoms with Gasteiger partial charge in [0.15, 0.2) is 33.7 Å². The monoisotopic (exact) mass is 826 g/mol. The second-order valence-corrected chi connectivity index (χ2v) is 16.9. The summed E-state index contributed by atoms with van der Waals surface area (Å²) in [5.74, 6) is -8.35. The van der Waals surface area contributed by atoms with Crippen LogP contribution in [-0.4, -0.2) is 126 Å². The fraction of sp³-hybridized carbons (Fsp3) is 0.471. The number of carboxylic acids is 2. The number of β-lactam (4-membered cyclic amide) rings is 1. The Hall–Kier alpha value is -3.72. The summed E-state index contributed by atoms with van der Waals surface area (Å²) >= 11 is 8.40. The summed E-state index contributed by atoms with van der Waals surface area (Å²) in [5, 5.41) is 47.7. The smallest absolute Gasteiger partial charge is 0.546 e. The molecule has 4 N–H and O–H groups in total. The van der Waals surface area contributed by atoms with Gasteiger partial charge in [0.05, 0.1) is 65.7 Å². The number of aliphatic carboxylic acids is 2. The first-order valence-corrected chi connectivity index (χ1v) is 19.1. The Balaban J connectivity index is 0.00000580. The number of nitrogens with two attached hydrogens (primary N) is 1. The van der Waals surface area contributed by atoms with Crippen LogP contribution in [-0.2, 0) is 28.8 Å². The minimum atomic E-state index is -1.90. The topological polar surface area (TPSA) is 256 Å². The maximum absolute atomic E-state index is 13.7. The number of halogens is 1. The molecule has 55 heavy (non-hydrogen) atoms. The molecule has 0 radical (unpaired) electrons. The number of fused-ring (bicyclic) bond motifs is 5. The van der Waals surface area contributed by atoms with Gasteiger partial charge in [-0.3, -0.25) is 24.1 Å². The van der Waals surface area contributed by atoms with Crippen LogP contribution in [0.5, 0.6) is 11.5 Å². The average molecular weight is 827 g/mol. The minimum absolute atomic E-state index is 0. The number of rotatable bonds is 12. The van der Waals surface area contributed by atoms with E-state index >= 15 is 0 Å². The van der Waals surface area contributed by atoms with Crippen molar-refractivity contribution in [2.45, 2.75) is 62.3 Å². The second kappa shape index (κ2) is 16.0. The van der Waals surface area contributed by atoms with E-state index in [0.29, 0.717) is 42.5 Å². The number of oxime groups is 1. The second-order valence-electron chi connectivity index (χ2n) is 14.2. The molecule has 5 aliphatic heterocycles. The first-order chi connectivity index (χ1) is 25.4. The normalized spacial score (nSPS) is 25.0. The Labute approximate surface area is 350 Å². The number of carboxylic acid groups (broad SMARTS) is 2. The van der Waals surface area contributed by atoms with Gasteiger partial charge in [0.1, 0.15) is 12.2 Å². The molecule has 6 heterocycles. The number of hydrogen-bond donors (Lipinski definition) is 3. The molecule has 5 aliphatic rings. The van der Waals surface area contributed by atoms with Crippen molar-refractivity contribution in [1.82, 2.24) is 14.8 Å². The van der Waals surface area contributed by atoms with Crippen LogP contribution in [0.25, 0.3) is 0 Å². The van der Waals surface area contributed by atoms with Gasteiger partial charge in [-0.05, 0) is 32.9 Å². The zero-order chi connectivity index (χ0) is 39.4. The van der Waals surface area contributed by atoms with Crippen molar-refractivity contribution in [3.8, 4) is 11.5 Å². The van der Waals surface area contributed by atoms with Gasteiger partial charge in [0, 0.05) is 41.5 Å². The first-order valence-electron chi connectivity index (χ1n) is 16.9. The number of anilines is 1. The van der Waals surface area contributed by atoms with Crippen LogP contribution in [0.3, 0.4) is 0 Å². The van der Waals surface area contributed by atoms with E-state index in [1.54, 1.807) is 0 Å². The number of benzene rings is 1. The van der Waals surface area contributed by atoms with Gasteiger partial charge in [-0.25, -0.2) is 4.98 Å². The molecule has 0 saturated carbocycles. The van der Waals surface area contributed by atoms with Crippen LogP contribution in [0.1, 0.15) is 56.1 Å². The molecule has 4 fully saturated rings. The summed E-state index contributed by atoms with van der Waals surface area (Å²) in [6.45, 7) is 6.13. The van der Waals surface area contributed by atoms with Crippen molar-refractivity contribution in [2.75, 3.05) is 38.5 Å². The Kier molecular flexibility index (Phi) is 12.4. The van der Waals surface area contributed by atoms with Gasteiger partial charge < -0.3 is 50.0 Å². The van der Waals surface area contributed by atoms with Gasteiger partial charge in [-0.15, -0.1) is 23.1 Å². The van der Waals surface area contributed by atoms with E-state index in [1.165, 1.54) is 42.0 Å². The number of aromatic nitrogens is 1. The molecule has 2 amide bonds. The number of thiazole rings is 1. The number of carbonyl (C=O) groups excluding carboxylic acids is 6. The number of amides is 2. The summed E-state index contributed by atoms with van der Waals surface area (Å²) in [5.41, 5.74) is 3.49. The van der Waals surface area contributed by atoms with E-state index < -0.39 is 80.4 Å². The molecule has 1 aromatic heterocycles. The number of phenolic OH excluding ortho intramolecular Hbond substituents is 2. The molecule has 21 heteroatoms. The number of nitrogen functional groups attached to an aromatic ring is 1. The van der Waals surface area contributed by atoms with Crippen LogP contribution >= 0.6 is 34.7 Å². The first kappa shape index (κ1) is 42.4. The predicted molar refractivity (Wildman–Crippen MR) is 190 cm³/mol. The molecule has 0 unspecified atom stereocenters. The molecule has 0 aliphatic carbocycles. The van der Waals surface area contributed by atoms with Gasteiger partial charge in [0.25, 0.3) is 11.7 Å². The summed E-state index contributed by atoms with van der Waals surface area (Å²) < 4.78 is 0.402. The van der Waals surface area contributed by atoms with Crippen molar-refractivity contribution in [2.24, 2.45) is 11.1 Å². The number of piperidine rings is 1. The average Bonchev–Trinajstić information content (AvgIpc) is 3.37. The molecule has 1 aromatic carbocycles. The minimum Gasteiger partial charge on any atom is -0.546 e. The molecule has 288 valence electrons. The number of thioether (sulfide) groups is 1. The van der Waals surface area contributed by atoms with Crippen LogP contribution in [0.4, 0.5) is 5.13 Å². The Morgan fingerprint density at radius 2 is 1.82 bits per heavy atom. The van der Waals surface area contributed by atoms with Gasteiger partial charge in [-0.2, -0.15) is 0 Å². The van der Waals surface area contributed by atoms with Crippen LogP contribution in [0.15, 0.2) is 33.9 Å². The summed E-state index contributed by atoms with van der Waals surface area (Å²) in [6, 6.07) is 1.98. The zero-order valence-corrected chi connectivity index (χ0v) is 34.7. The summed E-state index contributed by atoms with van der Waals surface area (Å²) in [4.78, 5) is 90.0. The van der Waals surface area contributed by atoms with Crippen LogP contribution in [0, 0.1) is 5.92 Å².